The van der Waals surface area contributed by atoms with Crippen LogP contribution < -0.4 is 0 Å². The summed E-state index contributed by atoms with van der Waals surface area (Å²) < 4.78 is 5.02. The summed E-state index contributed by atoms with van der Waals surface area (Å²) in [4.78, 5) is 8.15. The van der Waals surface area contributed by atoms with E-state index < -0.39 is 0 Å². The minimum Gasteiger partial charge on any atom is -0.339 e. The summed E-state index contributed by atoms with van der Waals surface area (Å²) in [6.45, 7) is 0. The molecule has 0 aliphatic heterocycles. The summed E-state index contributed by atoms with van der Waals surface area (Å²) >= 11 is 5.57. The summed E-state index contributed by atoms with van der Waals surface area (Å²) in [6, 6.07) is 3.86. The second-order valence-electron chi connectivity index (χ2n) is 3.08. The van der Waals surface area contributed by atoms with Crippen LogP contribution in [-0.2, 0) is 12.8 Å². The zero-order valence-electron chi connectivity index (χ0n) is 8.06. The fourth-order valence-electron chi connectivity index (χ4n) is 1.23. The van der Waals surface area contributed by atoms with Gasteiger partial charge in [0.15, 0.2) is 5.82 Å². The third kappa shape index (κ3) is 2.76. The second kappa shape index (κ2) is 4.89. The lowest BCUT2D eigenvalue weighted by molar-refractivity contribution is 0.378. The molecule has 4 nitrogen and oxygen atoms in total. The Morgan fingerprint density at radius 2 is 2.07 bits per heavy atom. The highest BCUT2D eigenvalue weighted by molar-refractivity contribution is 6.17. The van der Waals surface area contributed by atoms with Gasteiger partial charge < -0.3 is 4.52 Å². The van der Waals surface area contributed by atoms with Crippen molar-refractivity contribution < 1.29 is 4.52 Å². The number of alkyl halides is 1. The highest BCUT2D eigenvalue weighted by atomic mass is 35.5. The van der Waals surface area contributed by atoms with Gasteiger partial charge in [0.05, 0.1) is 0 Å². The van der Waals surface area contributed by atoms with Crippen molar-refractivity contribution in [3.8, 4) is 0 Å². The number of aromatic nitrogens is 3. The van der Waals surface area contributed by atoms with Crippen LogP contribution in [0, 0.1) is 0 Å². The smallest absolute Gasteiger partial charge is 0.227 e. The van der Waals surface area contributed by atoms with Gasteiger partial charge in [0.2, 0.25) is 5.89 Å². The van der Waals surface area contributed by atoms with Gasteiger partial charge in [-0.2, -0.15) is 4.98 Å². The first kappa shape index (κ1) is 10.1. The molecule has 0 bridgehead atoms. The largest absolute Gasteiger partial charge is 0.339 e. The van der Waals surface area contributed by atoms with Crippen molar-refractivity contribution in [1.82, 2.24) is 15.1 Å². The van der Waals surface area contributed by atoms with Gasteiger partial charge in [-0.1, -0.05) is 5.16 Å². The molecule has 0 spiro atoms. The number of nitrogens with zero attached hydrogens (tertiary/aromatic N) is 3. The molecular formula is C10H10ClN3O. The molecule has 0 radical (unpaired) electrons. The molecule has 0 aromatic carbocycles. The highest BCUT2D eigenvalue weighted by Crippen LogP contribution is 2.06. The molecular weight excluding hydrogens is 214 g/mol. The maximum Gasteiger partial charge on any atom is 0.227 e. The average Bonchev–Trinajstić information content (AvgIpc) is 2.68. The zero-order valence-corrected chi connectivity index (χ0v) is 8.81. The quantitative estimate of drug-likeness (QED) is 0.743. The van der Waals surface area contributed by atoms with Gasteiger partial charge in [0.25, 0.3) is 0 Å². The van der Waals surface area contributed by atoms with Gasteiger partial charge in [-0.25, -0.2) is 0 Å². The van der Waals surface area contributed by atoms with Gasteiger partial charge in [0.1, 0.15) is 0 Å². The topological polar surface area (TPSA) is 51.8 Å². The van der Waals surface area contributed by atoms with Gasteiger partial charge in [-0.3, -0.25) is 4.98 Å². The number of aryl methyl sites for hydroxylation is 1. The third-order valence-electron chi connectivity index (χ3n) is 1.93. The molecule has 0 amide bonds. The summed E-state index contributed by atoms with van der Waals surface area (Å²) in [6.07, 6.45) is 4.77. The first-order valence-electron chi connectivity index (χ1n) is 4.65. The lowest BCUT2D eigenvalue weighted by Crippen LogP contribution is -1.92. The lowest BCUT2D eigenvalue weighted by Gasteiger charge is -1.93. The van der Waals surface area contributed by atoms with E-state index in [-0.39, 0.29) is 0 Å². The Morgan fingerprint density at radius 1 is 1.27 bits per heavy atom. The zero-order chi connectivity index (χ0) is 10.5. The Labute approximate surface area is 92.3 Å². The molecule has 0 N–H and O–H groups in total. The van der Waals surface area contributed by atoms with Crippen molar-refractivity contribution in [1.29, 1.82) is 0 Å². The van der Waals surface area contributed by atoms with E-state index in [0.717, 1.165) is 5.56 Å². The number of halogens is 1. The molecule has 0 atom stereocenters. The Kier molecular flexibility index (Phi) is 3.29. The van der Waals surface area contributed by atoms with Crippen LogP contribution in [0.5, 0.6) is 0 Å². The summed E-state index contributed by atoms with van der Waals surface area (Å²) in [5.74, 6) is 1.77. The van der Waals surface area contributed by atoms with Crippen LogP contribution in [0.15, 0.2) is 29.0 Å². The fourth-order valence-corrected chi connectivity index (χ4v) is 1.39. The monoisotopic (exact) mass is 223 g/mol. The number of pyridine rings is 1. The van der Waals surface area contributed by atoms with Crippen LogP contribution in [-0.4, -0.2) is 21.0 Å². The van der Waals surface area contributed by atoms with E-state index in [9.17, 15) is 0 Å². The summed E-state index contributed by atoms with van der Waals surface area (Å²) in [5, 5.41) is 3.86. The van der Waals surface area contributed by atoms with Crippen LogP contribution in [0.1, 0.15) is 17.3 Å². The maximum absolute atomic E-state index is 5.57. The first-order chi connectivity index (χ1) is 7.38. The standard InChI is InChI=1S/C10H10ClN3O/c11-4-1-10-13-9(14-15-10)7-8-2-5-12-6-3-8/h2-3,5-6H,1,4,7H2. The molecule has 0 unspecified atom stereocenters. The fraction of sp³-hybridized carbons (Fsp3) is 0.300. The highest BCUT2D eigenvalue weighted by Gasteiger charge is 2.05. The average molecular weight is 224 g/mol. The first-order valence-corrected chi connectivity index (χ1v) is 5.18. The van der Waals surface area contributed by atoms with Crippen molar-refractivity contribution in [2.45, 2.75) is 12.8 Å². The van der Waals surface area contributed by atoms with Crippen LogP contribution in [0.2, 0.25) is 0 Å². The number of hydrogen-bond acceptors (Lipinski definition) is 4. The minimum atomic E-state index is 0.497. The molecule has 2 rings (SSSR count). The molecule has 0 fully saturated rings. The maximum atomic E-state index is 5.57. The van der Waals surface area contributed by atoms with E-state index >= 15 is 0 Å². The van der Waals surface area contributed by atoms with Gasteiger partial charge in [-0.05, 0) is 17.7 Å². The van der Waals surface area contributed by atoms with Crippen LogP contribution >= 0.6 is 11.6 Å². The van der Waals surface area contributed by atoms with Crippen molar-refractivity contribution in [2.24, 2.45) is 0 Å². The predicted molar refractivity (Wildman–Crippen MR) is 55.8 cm³/mol. The van der Waals surface area contributed by atoms with E-state index in [1.807, 2.05) is 12.1 Å². The third-order valence-corrected chi connectivity index (χ3v) is 2.12. The number of hydrogen-bond donors (Lipinski definition) is 0. The van der Waals surface area contributed by atoms with E-state index in [2.05, 4.69) is 15.1 Å². The molecule has 2 aromatic heterocycles. The summed E-state index contributed by atoms with van der Waals surface area (Å²) in [5.41, 5.74) is 1.11. The molecule has 15 heavy (non-hydrogen) atoms. The van der Waals surface area contributed by atoms with Gasteiger partial charge >= 0.3 is 0 Å². The van der Waals surface area contributed by atoms with Gasteiger partial charge in [0, 0.05) is 31.1 Å². The number of rotatable bonds is 4. The normalized spacial score (nSPS) is 10.5. The van der Waals surface area contributed by atoms with Crippen LogP contribution in [0.3, 0.4) is 0 Å². The molecule has 2 heterocycles. The molecule has 2 aromatic rings. The Hall–Kier alpha value is -1.42. The predicted octanol–water partition coefficient (Wildman–Crippen LogP) is 1.84. The molecule has 0 saturated carbocycles. The molecule has 0 aliphatic rings. The summed E-state index contributed by atoms with van der Waals surface area (Å²) in [7, 11) is 0. The second-order valence-corrected chi connectivity index (χ2v) is 3.45. The van der Waals surface area contributed by atoms with Crippen LogP contribution in [0.25, 0.3) is 0 Å². The Balaban J connectivity index is 2.05. The van der Waals surface area contributed by atoms with Crippen molar-refractivity contribution in [2.75, 3.05) is 5.88 Å². The Morgan fingerprint density at radius 3 is 2.80 bits per heavy atom. The van der Waals surface area contributed by atoms with E-state index in [4.69, 9.17) is 16.1 Å². The van der Waals surface area contributed by atoms with Gasteiger partial charge in [-0.15, -0.1) is 11.6 Å². The van der Waals surface area contributed by atoms with Crippen molar-refractivity contribution in [3.63, 3.8) is 0 Å². The Bertz CT molecular complexity index is 416. The SMILES string of the molecule is ClCCc1nc(Cc2ccncc2)no1. The minimum absolute atomic E-state index is 0.497. The molecule has 0 saturated heterocycles. The lowest BCUT2D eigenvalue weighted by atomic mass is 10.2. The van der Waals surface area contributed by atoms with E-state index in [1.54, 1.807) is 12.4 Å². The molecule has 5 heteroatoms. The van der Waals surface area contributed by atoms with Crippen LogP contribution in [0.4, 0.5) is 0 Å². The van der Waals surface area contributed by atoms with E-state index in [1.165, 1.54) is 0 Å². The van der Waals surface area contributed by atoms with Crippen molar-refractivity contribution in [3.05, 3.63) is 41.8 Å². The molecule has 0 aliphatic carbocycles. The van der Waals surface area contributed by atoms with E-state index in [0.29, 0.717) is 30.4 Å². The van der Waals surface area contributed by atoms with Crippen molar-refractivity contribution >= 4 is 11.6 Å². The molecule has 78 valence electrons.